The third-order valence-corrected chi connectivity index (χ3v) is 18.9. The number of allylic oxidation sites excluding steroid dienone is 2. The Morgan fingerprint density at radius 2 is 0.953 bits per heavy atom. The van der Waals surface area contributed by atoms with Gasteiger partial charge in [-0.1, -0.05) is 104 Å². The van der Waals surface area contributed by atoms with Crippen LogP contribution in [0, 0.1) is 12.2 Å². The molecule has 234 valence electrons. The minimum Gasteiger partial charge on any atom is -1.00 e. The molecular weight excluding hydrogens is 683 g/mol. The fraction of sp³-hybridized carbons (Fsp3) is 0.556. The normalized spacial score (nSPS) is 18.0. The molecule has 0 fully saturated rings. The van der Waals surface area contributed by atoms with Crippen molar-refractivity contribution in [3.8, 4) is 0 Å². The van der Waals surface area contributed by atoms with E-state index in [-0.39, 0.29) is 73.3 Å². The van der Waals surface area contributed by atoms with Crippen molar-refractivity contribution in [3.05, 3.63) is 82.9 Å². The first-order valence-corrected chi connectivity index (χ1v) is 21.3. The molecule has 2 aliphatic carbocycles. The van der Waals surface area contributed by atoms with Crippen LogP contribution in [0.3, 0.4) is 0 Å². The summed E-state index contributed by atoms with van der Waals surface area (Å²) in [6.07, 6.45) is 14.1. The molecule has 2 aromatic rings. The summed E-state index contributed by atoms with van der Waals surface area (Å²) in [6.45, 7) is 23.6. The van der Waals surface area contributed by atoms with E-state index in [4.69, 9.17) is 8.85 Å². The summed E-state index contributed by atoms with van der Waals surface area (Å²) < 4.78 is 14.0. The fourth-order valence-electron chi connectivity index (χ4n) is 6.24. The van der Waals surface area contributed by atoms with E-state index in [1.54, 1.807) is 0 Å². The molecule has 2 atom stereocenters. The monoisotopic (exact) mass is 732 g/mol. The largest absolute Gasteiger partial charge is 4.00 e. The molecule has 0 N–H and O–H groups in total. The van der Waals surface area contributed by atoms with E-state index in [2.05, 4.69) is 128 Å². The first kappa shape index (κ1) is 40.8. The van der Waals surface area contributed by atoms with Gasteiger partial charge in [-0.05, 0) is 61.3 Å². The maximum absolute atomic E-state index is 6.99. The van der Waals surface area contributed by atoms with Gasteiger partial charge in [0.2, 0.25) is 0 Å². The molecule has 2 nitrogen and oxygen atoms in total. The van der Waals surface area contributed by atoms with E-state index in [9.17, 15) is 0 Å². The van der Waals surface area contributed by atoms with Crippen LogP contribution in [0.4, 0.5) is 0 Å². The van der Waals surface area contributed by atoms with Gasteiger partial charge in [0.25, 0.3) is 0 Å². The Morgan fingerprint density at radius 1 is 0.628 bits per heavy atom. The topological polar surface area (TPSA) is 18.5 Å². The summed E-state index contributed by atoms with van der Waals surface area (Å²) in [6, 6.07) is 17.6. The van der Waals surface area contributed by atoms with Crippen LogP contribution >= 0.6 is 0 Å². The zero-order chi connectivity index (χ0) is 29.3. The Bertz CT molecular complexity index is 1170. The molecule has 0 saturated carbocycles. The van der Waals surface area contributed by atoms with Gasteiger partial charge < -0.3 is 33.7 Å². The standard InChI is InChI=1S/C36H52O2Si2.2ClH.Zr/c1-11-23-35(3,4)39(7,8)37-33-25-27(29-17-13-15-19-31(29)33)21-22-28-26-34(32-20-16-14-18-30(28)32)38-40(9,10)36(5,6)24-12-2;;;/h13-20,33-34H,11-12,21-24H2,1-10H3;2*1H;/q-2;;;+4/p-2/t33-,34+;;;. The summed E-state index contributed by atoms with van der Waals surface area (Å²) in [4.78, 5) is 0. The molecule has 0 spiro atoms. The van der Waals surface area contributed by atoms with Crippen molar-refractivity contribution >= 4 is 27.8 Å². The summed E-state index contributed by atoms with van der Waals surface area (Å²) >= 11 is 0. The second-order valence-electron chi connectivity index (χ2n) is 14.2. The van der Waals surface area contributed by atoms with Gasteiger partial charge in [0.1, 0.15) is 0 Å². The number of hydrogen-bond acceptors (Lipinski definition) is 2. The Labute approximate surface area is 297 Å². The van der Waals surface area contributed by atoms with Crippen molar-refractivity contribution < 1.29 is 59.9 Å². The fourth-order valence-corrected chi connectivity index (χ4v) is 10.1. The molecule has 0 bridgehead atoms. The Balaban J connectivity index is 0.00000308. The SMILES string of the molecule is CCCC(C)(C)[Si](C)(C)O[C@H]1[C-]=C(CCC2=[C-][C@@H](O[Si](C)(C)C(C)(C)CCC)c3ccccc32)c2ccccc21.[Cl-].[Cl-].[Zr+4]. The van der Waals surface area contributed by atoms with Crippen LogP contribution in [0.25, 0.3) is 11.1 Å². The number of halogens is 2. The predicted molar refractivity (Wildman–Crippen MR) is 176 cm³/mol. The van der Waals surface area contributed by atoms with Gasteiger partial charge in [-0.3, -0.25) is 0 Å². The molecule has 2 aromatic carbocycles. The molecule has 0 aromatic heterocycles. The van der Waals surface area contributed by atoms with Crippen LogP contribution in [-0.4, -0.2) is 16.6 Å². The van der Waals surface area contributed by atoms with Crippen molar-refractivity contribution in [1.82, 2.24) is 0 Å². The maximum atomic E-state index is 6.99. The van der Waals surface area contributed by atoms with Crippen molar-refractivity contribution in [2.45, 2.75) is 129 Å². The van der Waals surface area contributed by atoms with Gasteiger partial charge in [-0.2, -0.15) is 11.1 Å². The summed E-state index contributed by atoms with van der Waals surface area (Å²) in [5.41, 5.74) is 7.74. The molecule has 7 heteroatoms. The summed E-state index contributed by atoms with van der Waals surface area (Å²) in [5, 5.41) is 0.429. The van der Waals surface area contributed by atoms with Crippen LogP contribution in [0.1, 0.15) is 115 Å². The third-order valence-electron chi connectivity index (χ3n) is 10.2. The van der Waals surface area contributed by atoms with E-state index in [0.29, 0.717) is 0 Å². The molecule has 0 radical (unpaired) electrons. The number of rotatable bonds is 13. The van der Waals surface area contributed by atoms with Crippen LogP contribution in [0.15, 0.2) is 48.5 Å². The molecule has 4 rings (SSSR count). The minimum atomic E-state index is -1.97. The third kappa shape index (κ3) is 8.76. The van der Waals surface area contributed by atoms with E-state index in [0.717, 1.165) is 12.8 Å². The second kappa shape index (κ2) is 16.0. The van der Waals surface area contributed by atoms with Gasteiger partial charge in [-0.25, -0.2) is 23.3 Å². The van der Waals surface area contributed by atoms with Gasteiger partial charge in [0.15, 0.2) is 16.6 Å². The quantitative estimate of drug-likeness (QED) is 0.207. The molecule has 0 heterocycles. The molecule has 0 aliphatic heterocycles. The van der Waals surface area contributed by atoms with E-state index >= 15 is 0 Å². The van der Waals surface area contributed by atoms with Crippen LogP contribution in [0.2, 0.25) is 36.3 Å². The molecule has 43 heavy (non-hydrogen) atoms. The zero-order valence-corrected chi connectivity index (χ0v) is 34.1. The van der Waals surface area contributed by atoms with Crippen molar-refractivity contribution in [3.63, 3.8) is 0 Å². The number of hydrogen-bond donors (Lipinski definition) is 0. The maximum Gasteiger partial charge on any atom is 4.00 e. The van der Waals surface area contributed by atoms with Gasteiger partial charge in [0, 0.05) is 0 Å². The van der Waals surface area contributed by atoms with E-state index in [1.807, 2.05) is 0 Å². The Hall–Kier alpha value is -0.263. The first-order valence-electron chi connectivity index (χ1n) is 15.5. The van der Waals surface area contributed by atoms with Crippen LogP contribution in [-0.2, 0) is 35.1 Å². The average molecular weight is 735 g/mol. The van der Waals surface area contributed by atoms with Crippen molar-refractivity contribution in [1.29, 1.82) is 0 Å². The van der Waals surface area contributed by atoms with Crippen LogP contribution < -0.4 is 24.8 Å². The van der Waals surface area contributed by atoms with E-state index < -0.39 is 16.6 Å². The van der Waals surface area contributed by atoms with Gasteiger partial charge in [-0.15, -0.1) is 23.3 Å². The Kier molecular flexibility index (Phi) is 15.2. The van der Waals surface area contributed by atoms with Gasteiger partial charge in [0.05, 0.1) is 0 Å². The van der Waals surface area contributed by atoms with Gasteiger partial charge >= 0.3 is 26.2 Å². The van der Waals surface area contributed by atoms with Crippen molar-refractivity contribution in [2.24, 2.45) is 0 Å². The molecule has 0 amide bonds. The number of fused-ring (bicyclic) bond motifs is 2. The first-order chi connectivity index (χ1) is 18.7. The average Bonchev–Trinajstić information content (AvgIpc) is 3.40. The molecule has 0 saturated heterocycles. The predicted octanol–water partition coefficient (Wildman–Crippen LogP) is 5.26. The zero-order valence-electron chi connectivity index (χ0n) is 28.1. The molecule has 0 unspecified atom stereocenters. The van der Waals surface area contributed by atoms with Crippen molar-refractivity contribution in [2.75, 3.05) is 0 Å². The smallest absolute Gasteiger partial charge is 1.00 e. The Morgan fingerprint density at radius 3 is 1.28 bits per heavy atom. The summed E-state index contributed by atoms with van der Waals surface area (Å²) in [7, 11) is -3.94. The van der Waals surface area contributed by atoms with Crippen LogP contribution in [0.5, 0.6) is 0 Å². The minimum absolute atomic E-state index is 0. The second-order valence-corrected chi connectivity index (χ2v) is 23.4. The number of benzene rings is 2. The molecular formula is C36H52Cl2O2Si2Zr. The summed E-state index contributed by atoms with van der Waals surface area (Å²) in [5.74, 6) is 0. The molecule has 2 aliphatic rings. The van der Waals surface area contributed by atoms with E-state index in [1.165, 1.54) is 59.1 Å².